The molecule has 0 aliphatic rings. The lowest BCUT2D eigenvalue weighted by Gasteiger charge is -2.17. The Bertz CT molecular complexity index is 954. The maximum absolute atomic E-state index is 12.6. The van der Waals surface area contributed by atoms with E-state index in [1.165, 1.54) is 11.3 Å². The number of ether oxygens (including phenoxy) is 1. The first-order valence-electron chi connectivity index (χ1n) is 8.36. The van der Waals surface area contributed by atoms with Crippen molar-refractivity contribution in [1.29, 1.82) is 0 Å². The van der Waals surface area contributed by atoms with E-state index in [4.69, 9.17) is 16.3 Å². The van der Waals surface area contributed by atoms with Gasteiger partial charge in [0.25, 0.3) is 5.91 Å². The number of ketones is 1. The van der Waals surface area contributed by atoms with Gasteiger partial charge in [0.15, 0.2) is 6.61 Å². The van der Waals surface area contributed by atoms with Crippen molar-refractivity contribution in [3.8, 4) is 0 Å². The van der Waals surface area contributed by atoms with E-state index in [0.29, 0.717) is 14.1 Å². The minimum Gasteiger partial charge on any atom is -0.456 e. The lowest BCUT2D eigenvalue weighted by Crippen LogP contribution is -2.43. The summed E-state index contributed by atoms with van der Waals surface area (Å²) in [7, 11) is 0. The number of benzene rings is 1. The van der Waals surface area contributed by atoms with E-state index in [1.807, 2.05) is 30.3 Å². The van der Waals surface area contributed by atoms with Crippen molar-refractivity contribution >= 4 is 51.9 Å². The molecule has 1 amide bonds. The average Bonchev–Trinajstić information content (AvgIpc) is 3.38. The normalized spacial score (nSPS) is 11.6. The molecule has 2 heterocycles. The van der Waals surface area contributed by atoms with Crippen molar-refractivity contribution in [3.05, 3.63) is 79.6 Å². The highest BCUT2D eigenvalue weighted by atomic mass is 35.5. The third kappa shape index (κ3) is 5.51. The van der Waals surface area contributed by atoms with Gasteiger partial charge >= 0.3 is 5.97 Å². The zero-order valence-electron chi connectivity index (χ0n) is 14.6. The number of thiophene rings is 2. The van der Waals surface area contributed by atoms with Gasteiger partial charge in [0.05, 0.1) is 14.1 Å². The fourth-order valence-corrected chi connectivity index (χ4v) is 4.05. The first kappa shape index (κ1) is 20.3. The van der Waals surface area contributed by atoms with Crippen molar-refractivity contribution in [3.63, 3.8) is 0 Å². The molecule has 1 atom stereocenters. The summed E-state index contributed by atoms with van der Waals surface area (Å²) >= 11 is 8.23. The molecule has 1 aromatic carbocycles. The lowest BCUT2D eigenvalue weighted by atomic mass is 10.1. The Morgan fingerprint density at radius 1 is 1.00 bits per heavy atom. The molecule has 0 radical (unpaired) electrons. The van der Waals surface area contributed by atoms with Crippen LogP contribution in [0.15, 0.2) is 60.0 Å². The van der Waals surface area contributed by atoms with E-state index in [0.717, 1.165) is 16.9 Å². The van der Waals surface area contributed by atoms with Gasteiger partial charge in [0.1, 0.15) is 6.04 Å². The Morgan fingerprint density at radius 2 is 1.79 bits per heavy atom. The quantitative estimate of drug-likeness (QED) is 0.426. The molecule has 0 fully saturated rings. The number of esters is 1. The molecule has 1 N–H and O–H groups in total. The molecule has 0 aliphatic heterocycles. The molecule has 3 rings (SSSR count). The number of amides is 1. The molecular formula is C20H16ClNO4S2. The topological polar surface area (TPSA) is 72.5 Å². The van der Waals surface area contributed by atoms with Crippen LogP contribution in [-0.2, 0) is 16.0 Å². The Morgan fingerprint density at radius 3 is 2.43 bits per heavy atom. The monoisotopic (exact) mass is 433 g/mol. The Balaban J connectivity index is 1.66. The minimum absolute atomic E-state index is 0.260. The molecule has 8 heteroatoms. The predicted octanol–water partition coefficient (Wildman–Crippen LogP) is 4.23. The zero-order valence-corrected chi connectivity index (χ0v) is 17.0. The second kappa shape index (κ2) is 9.64. The fourth-order valence-electron chi connectivity index (χ4n) is 2.45. The molecule has 0 spiro atoms. The van der Waals surface area contributed by atoms with Gasteiger partial charge in [-0.1, -0.05) is 48.0 Å². The summed E-state index contributed by atoms with van der Waals surface area (Å²) in [6.07, 6.45) is 0.260. The highest BCUT2D eigenvalue weighted by Crippen LogP contribution is 2.21. The summed E-state index contributed by atoms with van der Waals surface area (Å²) in [6.45, 7) is -0.407. The first-order valence-corrected chi connectivity index (χ1v) is 10.4. The van der Waals surface area contributed by atoms with Crippen molar-refractivity contribution in [2.45, 2.75) is 12.5 Å². The molecule has 0 saturated carbocycles. The van der Waals surface area contributed by atoms with Crippen LogP contribution in [0.3, 0.4) is 0 Å². The van der Waals surface area contributed by atoms with Crippen LogP contribution in [0.2, 0.25) is 4.34 Å². The molecule has 2 aromatic heterocycles. The summed E-state index contributed by atoms with van der Waals surface area (Å²) < 4.78 is 5.67. The van der Waals surface area contributed by atoms with Crippen LogP contribution in [0.25, 0.3) is 0 Å². The van der Waals surface area contributed by atoms with Crippen LogP contribution in [0.5, 0.6) is 0 Å². The highest BCUT2D eigenvalue weighted by molar-refractivity contribution is 7.18. The summed E-state index contributed by atoms with van der Waals surface area (Å²) in [5.74, 6) is -1.36. The number of carbonyl (C=O) groups is 3. The van der Waals surface area contributed by atoms with Gasteiger partial charge in [-0.05, 0) is 29.1 Å². The van der Waals surface area contributed by atoms with Crippen molar-refractivity contribution in [2.24, 2.45) is 0 Å². The summed E-state index contributed by atoms with van der Waals surface area (Å²) in [6, 6.07) is 15.0. The number of hydrogen-bond acceptors (Lipinski definition) is 6. The number of nitrogens with one attached hydrogen (secondary N) is 1. The maximum atomic E-state index is 12.6. The van der Waals surface area contributed by atoms with Crippen LogP contribution >= 0.6 is 34.3 Å². The van der Waals surface area contributed by atoms with Gasteiger partial charge in [0, 0.05) is 6.42 Å². The lowest BCUT2D eigenvalue weighted by molar-refractivity contribution is -0.144. The zero-order chi connectivity index (χ0) is 19.9. The SMILES string of the molecule is O=C(COC(=O)[C@H](Cc1ccccc1)NC(=O)c1cccs1)c1ccc(Cl)s1. The van der Waals surface area contributed by atoms with Gasteiger partial charge in [-0.3, -0.25) is 9.59 Å². The molecule has 0 bridgehead atoms. The first-order chi connectivity index (χ1) is 13.5. The van der Waals surface area contributed by atoms with Gasteiger partial charge in [0.2, 0.25) is 5.78 Å². The largest absolute Gasteiger partial charge is 0.456 e. The van der Waals surface area contributed by atoms with Crippen molar-refractivity contribution in [2.75, 3.05) is 6.61 Å². The van der Waals surface area contributed by atoms with E-state index in [1.54, 1.807) is 29.6 Å². The molecule has 144 valence electrons. The van der Waals surface area contributed by atoms with Gasteiger partial charge in [-0.2, -0.15) is 0 Å². The third-order valence-electron chi connectivity index (χ3n) is 3.81. The standard InChI is InChI=1S/C20H16ClNO4S2/c21-18-9-8-16(28-18)15(23)12-26-20(25)14(11-13-5-2-1-3-6-13)22-19(24)17-7-4-10-27-17/h1-10,14H,11-12H2,(H,22,24)/t14-/m0/s1. The molecule has 0 saturated heterocycles. The Hall–Kier alpha value is -2.48. The second-order valence-electron chi connectivity index (χ2n) is 5.83. The third-order valence-corrected chi connectivity index (χ3v) is 5.95. The predicted molar refractivity (Wildman–Crippen MR) is 110 cm³/mol. The summed E-state index contributed by atoms with van der Waals surface area (Å²) in [5, 5.41) is 4.48. The van der Waals surface area contributed by atoms with E-state index >= 15 is 0 Å². The summed E-state index contributed by atoms with van der Waals surface area (Å²) in [5.41, 5.74) is 0.868. The summed E-state index contributed by atoms with van der Waals surface area (Å²) in [4.78, 5) is 38.0. The van der Waals surface area contributed by atoms with Crippen LogP contribution in [-0.4, -0.2) is 30.3 Å². The van der Waals surface area contributed by atoms with Crippen molar-refractivity contribution < 1.29 is 19.1 Å². The molecular weight excluding hydrogens is 418 g/mol. The molecule has 3 aromatic rings. The van der Waals surface area contributed by atoms with E-state index < -0.39 is 18.6 Å². The number of rotatable bonds is 8. The van der Waals surface area contributed by atoms with Gasteiger partial charge < -0.3 is 10.1 Å². The van der Waals surface area contributed by atoms with E-state index in [9.17, 15) is 14.4 Å². The molecule has 0 unspecified atom stereocenters. The molecule has 0 aliphatic carbocycles. The average molecular weight is 434 g/mol. The van der Waals surface area contributed by atoms with E-state index in [2.05, 4.69) is 5.32 Å². The fraction of sp³-hybridized carbons (Fsp3) is 0.150. The minimum atomic E-state index is -0.906. The Labute approximate surface area is 174 Å². The maximum Gasteiger partial charge on any atom is 0.329 e. The molecule has 28 heavy (non-hydrogen) atoms. The highest BCUT2D eigenvalue weighted by Gasteiger charge is 2.25. The second-order valence-corrected chi connectivity index (χ2v) is 8.49. The Kier molecular flexibility index (Phi) is 6.97. The van der Waals surface area contributed by atoms with Gasteiger partial charge in [-0.15, -0.1) is 22.7 Å². The van der Waals surface area contributed by atoms with Crippen LogP contribution in [0.1, 0.15) is 24.9 Å². The van der Waals surface area contributed by atoms with Crippen LogP contribution in [0, 0.1) is 0 Å². The smallest absolute Gasteiger partial charge is 0.329 e. The molecule has 5 nitrogen and oxygen atoms in total. The van der Waals surface area contributed by atoms with E-state index in [-0.39, 0.29) is 18.1 Å². The van der Waals surface area contributed by atoms with Crippen LogP contribution < -0.4 is 5.32 Å². The number of Topliss-reactive ketones (excluding diaryl/α,β-unsaturated/α-hetero) is 1. The van der Waals surface area contributed by atoms with Gasteiger partial charge in [-0.25, -0.2) is 4.79 Å². The van der Waals surface area contributed by atoms with Crippen molar-refractivity contribution in [1.82, 2.24) is 5.32 Å². The number of halogens is 1. The van der Waals surface area contributed by atoms with Crippen LogP contribution in [0.4, 0.5) is 0 Å². The number of carbonyl (C=O) groups excluding carboxylic acids is 3. The number of hydrogen-bond donors (Lipinski definition) is 1.